The highest BCUT2D eigenvalue weighted by Gasteiger charge is 2.78. The number of ether oxygens (including phenoxy) is 5. The Morgan fingerprint density at radius 2 is 1.63 bits per heavy atom. The van der Waals surface area contributed by atoms with Crippen molar-refractivity contribution in [3.05, 3.63) is 71.2 Å². The average molecular weight is 856 g/mol. The Morgan fingerprint density at radius 3 is 2.18 bits per heavy atom. The van der Waals surface area contributed by atoms with Gasteiger partial charge in [-0.3, -0.25) is 19.2 Å². The molecule has 2 heterocycles. The molecule has 17 heteroatoms. The maximum absolute atomic E-state index is 15.4. The number of aliphatic hydroxyl groups is 3. The van der Waals surface area contributed by atoms with Crippen molar-refractivity contribution >= 4 is 46.7 Å². The number of aliphatic hydroxyl groups excluding tert-OH is 2. The molecule has 2 unspecified atom stereocenters. The largest absolute Gasteiger partial charge is 0.467 e. The van der Waals surface area contributed by atoms with Gasteiger partial charge in [-0.05, 0) is 49.3 Å². The lowest BCUT2D eigenvalue weighted by Crippen LogP contribution is -2.82. The van der Waals surface area contributed by atoms with Gasteiger partial charge in [-0.15, -0.1) is 0 Å². The molecule has 6 rings (SSSR count). The third kappa shape index (κ3) is 7.67. The molecule has 3 aliphatic carbocycles. The minimum atomic E-state index is -2.39. The number of carbonyl (C=O) groups is 6. The quantitative estimate of drug-likeness (QED) is 0.158. The van der Waals surface area contributed by atoms with E-state index in [2.05, 4.69) is 5.32 Å². The molecule has 1 aromatic heterocycles. The molecule has 1 aliphatic heterocycles. The van der Waals surface area contributed by atoms with Gasteiger partial charge in [-0.25, -0.2) is 9.59 Å². The molecular weight excluding hydrogens is 803 g/mol. The Hall–Kier alpha value is -4.55. The maximum atomic E-state index is 15.4. The number of hydrogen-bond donors (Lipinski definition) is 4. The van der Waals surface area contributed by atoms with E-state index in [0.29, 0.717) is 0 Å². The fraction of sp³-hybridized carbons (Fsp3) is 0.581. The number of esters is 4. The van der Waals surface area contributed by atoms with Crippen LogP contribution in [0.25, 0.3) is 0 Å². The lowest BCUT2D eigenvalue weighted by molar-refractivity contribution is -0.346. The summed E-state index contributed by atoms with van der Waals surface area (Å²) in [6.07, 6.45) is -9.29. The summed E-state index contributed by atoms with van der Waals surface area (Å²) >= 11 is 0.920. The van der Waals surface area contributed by atoms with Crippen molar-refractivity contribution in [2.75, 3.05) is 6.61 Å². The van der Waals surface area contributed by atoms with E-state index in [1.165, 1.54) is 44.4 Å². The van der Waals surface area contributed by atoms with Gasteiger partial charge in [0.15, 0.2) is 23.6 Å². The molecule has 2 bridgehead atoms. The van der Waals surface area contributed by atoms with E-state index in [9.17, 15) is 39.3 Å². The third-order valence-corrected chi connectivity index (χ3v) is 13.4. The van der Waals surface area contributed by atoms with Crippen LogP contribution in [0.4, 0.5) is 4.79 Å². The van der Waals surface area contributed by atoms with Crippen molar-refractivity contribution < 1.29 is 72.2 Å². The summed E-state index contributed by atoms with van der Waals surface area (Å²) in [4.78, 5) is 82.7. The number of amides is 1. The van der Waals surface area contributed by atoms with Crippen LogP contribution in [-0.2, 0) is 42.9 Å². The molecular formula is C43H53NO15S. The number of hydrogen-bond acceptors (Lipinski definition) is 16. The van der Waals surface area contributed by atoms with Gasteiger partial charge in [-0.2, -0.15) is 0 Å². The first-order chi connectivity index (χ1) is 27.9. The zero-order valence-electron chi connectivity index (χ0n) is 35.0. The normalized spacial score (nSPS) is 33.0. The summed E-state index contributed by atoms with van der Waals surface area (Å²) in [5, 5.41) is 39.3. The highest BCUT2D eigenvalue weighted by atomic mass is 32.2. The van der Waals surface area contributed by atoms with E-state index in [1.54, 1.807) is 52.8 Å². The van der Waals surface area contributed by atoms with E-state index in [1.807, 2.05) is 0 Å². The van der Waals surface area contributed by atoms with Crippen LogP contribution in [0, 0.1) is 16.7 Å². The van der Waals surface area contributed by atoms with E-state index in [4.69, 9.17) is 28.1 Å². The van der Waals surface area contributed by atoms with Crippen molar-refractivity contribution in [1.82, 2.24) is 5.32 Å². The van der Waals surface area contributed by atoms with Gasteiger partial charge in [0.1, 0.15) is 35.7 Å². The van der Waals surface area contributed by atoms with Crippen LogP contribution in [0.15, 0.2) is 64.3 Å². The standard InChI is InChI=1S/C43H53NO15S/c1-21-26(57-37(51)31(48)30(25-16-13-17-54-25)44-38(52)60-39(4,5)6)19-43(53)35(58-36(50)24-14-11-10-12-15-24)33-41(9,27(47)18-28-42(33,20-55-28)59-23(3)46)34(49)32(56-22(2)45)29(21)40(43,7)8/h10-17,26-28,30-33,35,47-48,53H,18-20H2,1-9H3,(H,44,52)/t26-,27-,28?,30-,31+,32+,33-,35-,41+,42-,43?/m0/s1. The molecule has 0 radical (unpaired) electrons. The van der Waals surface area contributed by atoms with Crippen LogP contribution in [-0.4, -0.2) is 109 Å². The predicted octanol–water partition coefficient (Wildman–Crippen LogP) is 4.14. The maximum Gasteiger partial charge on any atom is 0.338 e. The summed E-state index contributed by atoms with van der Waals surface area (Å²) in [5.41, 5.74) is -7.67. The van der Waals surface area contributed by atoms with Crippen LogP contribution in [0.2, 0.25) is 0 Å². The first-order valence-electron chi connectivity index (χ1n) is 19.7. The number of ketones is 1. The van der Waals surface area contributed by atoms with Gasteiger partial charge in [0, 0.05) is 36.9 Å². The Balaban J connectivity index is 1.54. The number of carbonyl (C=O) groups excluding carboxylic acids is 6. The monoisotopic (exact) mass is 855 g/mol. The molecule has 1 aromatic carbocycles. The van der Waals surface area contributed by atoms with Gasteiger partial charge in [0.2, 0.25) is 0 Å². The number of furan rings is 1. The number of nitrogens with one attached hydrogen (secondary N) is 1. The predicted molar refractivity (Wildman–Crippen MR) is 212 cm³/mol. The molecule has 3 fully saturated rings. The zero-order chi connectivity index (χ0) is 44.3. The Bertz CT molecular complexity index is 2060. The molecule has 16 nitrogen and oxygen atoms in total. The lowest BCUT2D eigenvalue weighted by atomic mass is 9.44. The van der Waals surface area contributed by atoms with E-state index in [0.717, 1.165) is 25.6 Å². The molecule has 1 amide bonds. The second-order valence-corrected chi connectivity index (χ2v) is 19.6. The topological polar surface area (TPSA) is 234 Å². The van der Waals surface area contributed by atoms with Gasteiger partial charge in [0.25, 0.3) is 5.24 Å². The average Bonchev–Trinajstić information content (AvgIpc) is 3.69. The summed E-state index contributed by atoms with van der Waals surface area (Å²) in [6.45, 7) is 13.3. The van der Waals surface area contributed by atoms with Crippen molar-refractivity contribution in [3.8, 4) is 0 Å². The lowest BCUT2D eigenvalue weighted by Gasteiger charge is -2.67. The van der Waals surface area contributed by atoms with Crippen LogP contribution in [0.1, 0.15) is 97.3 Å². The third-order valence-electron chi connectivity index (χ3n) is 12.5. The second kappa shape index (κ2) is 16.0. The highest BCUT2D eigenvalue weighted by Crippen LogP contribution is 2.64. The number of Topliss-reactive ketones (excluding diaryl/α,β-unsaturated/α-hetero) is 1. The Kier molecular flexibility index (Phi) is 12.0. The van der Waals surface area contributed by atoms with Crippen molar-refractivity contribution in [2.24, 2.45) is 16.7 Å². The SMILES string of the molecule is CC(=O)O[C@H]1C(=O)[C@]2(C)[C@@H](O)CC3OC[C@@]3(OC(C)=O)[C@H]2[C@H](OC(=O)c2ccccc2)C2(O)C[C@H](OC(=O)[C@H](O)[C@@H](NC(=O)SC(C)(C)C)c3ccco3)C(C)=C1C2(C)C. The summed E-state index contributed by atoms with van der Waals surface area (Å²) in [6, 6.07) is 9.34. The summed E-state index contributed by atoms with van der Waals surface area (Å²) in [7, 11) is 0. The number of fused-ring (bicyclic) bond motifs is 5. The number of rotatable bonds is 9. The van der Waals surface area contributed by atoms with Crippen LogP contribution >= 0.6 is 11.8 Å². The van der Waals surface area contributed by atoms with E-state index >= 15 is 4.79 Å². The number of benzene rings is 1. The van der Waals surface area contributed by atoms with E-state index in [-0.39, 0.29) is 35.5 Å². The highest BCUT2D eigenvalue weighted by molar-refractivity contribution is 8.14. The Labute approximate surface area is 351 Å². The van der Waals surface area contributed by atoms with Crippen LogP contribution < -0.4 is 5.32 Å². The van der Waals surface area contributed by atoms with Crippen molar-refractivity contribution in [2.45, 2.75) is 134 Å². The summed E-state index contributed by atoms with van der Waals surface area (Å²) in [5.74, 6) is -6.27. The minimum absolute atomic E-state index is 0.0117. The van der Waals surface area contributed by atoms with Crippen LogP contribution in [0.5, 0.6) is 0 Å². The molecule has 2 saturated carbocycles. The smallest absolute Gasteiger partial charge is 0.338 e. The van der Waals surface area contributed by atoms with Gasteiger partial charge < -0.3 is 48.7 Å². The summed E-state index contributed by atoms with van der Waals surface area (Å²) < 4.78 is 35.1. The second-order valence-electron chi connectivity index (χ2n) is 17.8. The van der Waals surface area contributed by atoms with Gasteiger partial charge in [0.05, 0.1) is 35.9 Å². The molecule has 4 N–H and O–H groups in total. The van der Waals surface area contributed by atoms with Crippen molar-refractivity contribution in [3.63, 3.8) is 0 Å². The molecule has 4 aliphatic rings. The zero-order valence-corrected chi connectivity index (χ0v) is 35.8. The number of thioether (sulfide) groups is 1. The van der Waals surface area contributed by atoms with E-state index < -0.39 is 117 Å². The fourth-order valence-corrected chi connectivity index (χ4v) is 10.3. The molecule has 1 saturated heterocycles. The first kappa shape index (κ1) is 45.0. The first-order valence-corrected chi connectivity index (χ1v) is 20.5. The van der Waals surface area contributed by atoms with Gasteiger partial charge in [-0.1, -0.05) is 64.6 Å². The molecule has 60 heavy (non-hydrogen) atoms. The molecule has 0 spiro atoms. The van der Waals surface area contributed by atoms with Crippen LogP contribution in [0.3, 0.4) is 0 Å². The molecule has 11 atom stereocenters. The fourth-order valence-electron chi connectivity index (χ4n) is 9.57. The molecule has 2 aromatic rings. The molecule has 326 valence electrons. The van der Waals surface area contributed by atoms with Gasteiger partial charge >= 0.3 is 23.9 Å². The minimum Gasteiger partial charge on any atom is -0.467 e. The van der Waals surface area contributed by atoms with Crippen molar-refractivity contribution in [1.29, 1.82) is 0 Å². The Morgan fingerprint density at radius 1 is 0.967 bits per heavy atom.